The first kappa shape index (κ1) is 18.1. The molecule has 23 heavy (non-hydrogen) atoms. The molecule has 1 saturated carbocycles. The molecule has 0 spiro atoms. The van der Waals surface area contributed by atoms with Crippen LogP contribution < -0.4 is 11.1 Å². The fourth-order valence-corrected chi connectivity index (χ4v) is 3.53. The molecule has 0 radical (unpaired) electrons. The van der Waals surface area contributed by atoms with Gasteiger partial charge in [-0.25, -0.2) is 0 Å². The molecule has 0 aromatic heterocycles. The highest BCUT2D eigenvalue weighted by molar-refractivity contribution is 7.99. The zero-order valence-corrected chi connectivity index (χ0v) is 13.8. The van der Waals surface area contributed by atoms with E-state index in [9.17, 15) is 18.0 Å². The molecular formula is C16H21F3N2OS. The molecule has 0 aliphatic heterocycles. The largest absolute Gasteiger partial charge is 0.398 e. The Morgan fingerprint density at radius 1 is 1.39 bits per heavy atom. The van der Waals surface area contributed by atoms with Crippen molar-refractivity contribution in [2.24, 2.45) is 11.7 Å². The molecule has 1 amide bonds. The maximum atomic E-state index is 12.4. The molecule has 0 bridgehead atoms. The van der Waals surface area contributed by atoms with E-state index < -0.39 is 11.9 Å². The van der Waals surface area contributed by atoms with Gasteiger partial charge >= 0.3 is 6.18 Å². The SMILES string of the molecule is Cc1ccc(SCC(F)(F)F)c(NC(=O)C[C@@H]2CCC[C@H]2N)c1. The number of amides is 1. The Bertz CT molecular complexity index is 563. The number of hydrogen-bond acceptors (Lipinski definition) is 3. The van der Waals surface area contributed by atoms with Crippen molar-refractivity contribution < 1.29 is 18.0 Å². The van der Waals surface area contributed by atoms with E-state index in [1.807, 2.05) is 6.92 Å². The van der Waals surface area contributed by atoms with Crippen LogP contribution in [-0.4, -0.2) is 23.9 Å². The first-order valence-electron chi connectivity index (χ1n) is 7.60. The summed E-state index contributed by atoms with van der Waals surface area (Å²) in [6, 6.07) is 5.09. The Hall–Kier alpha value is -1.21. The number of alkyl halides is 3. The topological polar surface area (TPSA) is 55.1 Å². The number of thioether (sulfide) groups is 1. The Labute approximate surface area is 138 Å². The van der Waals surface area contributed by atoms with Gasteiger partial charge in [0.25, 0.3) is 0 Å². The third-order valence-corrected chi connectivity index (χ3v) is 5.10. The zero-order chi connectivity index (χ0) is 17.0. The summed E-state index contributed by atoms with van der Waals surface area (Å²) in [6.45, 7) is 1.83. The molecule has 3 N–H and O–H groups in total. The van der Waals surface area contributed by atoms with Crippen LogP contribution in [0, 0.1) is 12.8 Å². The molecule has 7 heteroatoms. The van der Waals surface area contributed by atoms with Gasteiger partial charge in [-0.15, -0.1) is 11.8 Å². The number of nitrogens with two attached hydrogens (primary N) is 1. The Kier molecular flexibility index (Phi) is 5.97. The number of carbonyl (C=O) groups is 1. The van der Waals surface area contributed by atoms with Crippen LogP contribution >= 0.6 is 11.8 Å². The number of carbonyl (C=O) groups excluding carboxylic acids is 1. The van der Waals surface area contributed by atoms with E-state index in [2.05, 4.69) is 5.32 Å². The molecule has 3 nitrogen and oxygen atoms in total. The van der Waals surface area contributed by atoms with Crippen molar-refractivity contribution in [2.45, 2.75) is 49.7 Å². The van der Waals surface area contributed by atoms with Crippen molar-refractivity contribution in [3.05, 3.63) is 23.8 Å². The van der Waals surface area contributed by atoms with Crippen molar-refractivity contribution in [2.75, 3.05) is 11.1 Å². The normalized spacial score (nSPS) is 21.4. The number of anilines is 1. The minimum atomic E-state index is -4.24. The summed E-state index contributed by atoms with van der Waals surface area (Å²) < 4.78 is 37.2. The van der Waals surface area contributed by atoms with Crippen LogP contribution in [0.15, 0.2) is 23.1 Å². The summed E-state index contributed by atoms with van der Waals surface area (Å²) in [4.78, 5) is 12.6. The second kappa shape index (κ2) is 7.57. The van der Waals surface area contributed by atoms with Crippen LogP contribution in [-0.2, 0) is 4.79 Å². The highest BCUT2D eigenvalue weighted by atomic mass is 32.2. The number of aryl methyl sites for hydroxylation is 1. The summed E-state index contributed by atoms with van der Waals surface area (Å²) in [5.41, 5.74) is 7.29. The lowest BCUT2D eigenvalue weighted by molar-refractivity contribution is -0.117. The number of benzene rings is 1. The van der Waals surface area contributed by atoms with Crippen LogP contribution in [0.25, 0.3) is 0 Å². The minimum absolute atomic E-state index is 0.0392. The van der Waals surface area contributed by atoms with Gasteiger partial charge < -0.3 is 11.1 Å². The van der Waals surface area contributed by atoms with Crippen molar-refractivity contribution in [1.29, 1.82) is 0 Å². The van der Waals surface area contributed by atoms with Gasteiger partial charge in [-0.3, -0.25) is 4.79 Å². The molecule has 2 atom stereocenters. The Morgan fingerprint density at radius 3 is 2.74 bits per heavy atom. The predicted molar refractivity (Wildman–Crippen MR) is 86.5 cm³/mol. The molecular weight excluding hydrogens is 325 g/mol. The van der Waals surface area contributed by atoms with Gasteiger partial charge in [0.15, 0.2) is 0 Å². The first-order valence-corrected chi connectivity index (χ1v) is 8.59. The van der Waals surface area contributed by atoms with E-state index in [0.29, 0.717) is 28.8 Å². The van der Waals surface area contributed by atoms with Crippen molar-refractivity contribution in [3.8, 4) is 0 Å². The lowest BCUT2D eigenvalue weighted by atomic mass is 10.00. The van der Waals surface area contributed by atoms with Crippen LogP contribution in [0.1, 0.15) is 31.2 Å². The predicted octanol–water partition coefficient (Wildman–Crippen LogP) is 4.11. The Morgan fingerprint density at radius 2 is 2.13 bits per heavy atom. The molecule has 1 aliphatic carbocycles. The molecule has 0 unspecified atom stereocenters. The second-order valence-corrected chi connectivity index (χ2v) is 7.03. The number of halogens is 3. The van der Waals surface area contributed by atoms with E-state index in [4.69, 9.17) is 5.73 Å². The second-order valence-electron chi connectivity index (χ2n) is 6.01. The number of nitrogens with one attached hydrogen (secondary N) is 1. The van der Waals surface area contributed by atoms with Crippen molar-refractivity contribution in [3.63, 3.8) is 0 Å². The fourth-order valence-electron chi connectivity index (χ4n) is 2.79. The smallest absolute Gasteiger partial charge is 0.327 e. The number of rotatable bonds is 5. The molecule has 0 heterocycles. The van der Waals surface area contributed by atoms with Crippen LogP contribution in [0.2, 0.25) is 0 Å². The van der Waals surface area contributed by atoms with Crippen LogP contribution in [0.4, 0.5) is 18.9 Å². The van der Waals surface area contributed by atoms with Crippen molar-refractivity contribution >= 4 is 23.4 Å². The minimum Gasteiger partial charge on any atom is -0.327 e. The third-order valence-electron chi connectivity index (χ3n) is 3.97. The van der Waals surface area contributed by atoms with Gasteiger partial charge in [-0.05, 0) is 43.4 Å². The summed E-state index contributed by atoms with van der Waals surface area (Å²) in [7, 11) is 0. The van der Waals surface area contributed by atoms with E-state index in [0.717, 1.165) is 24.8 Å². The van der Waals surface area contributed by atoms with E-state index in [-0.39, 0.29) is 17.9 Å². The molecule has 1 aromatic carbocycles. The van der Waals surface area contributed by atoms with E-state index >= 15 is 0 Å². The van der Waals surface area contributed by atoms with Crippen LogP contribution in [0.5, 0.6) is 0 Å². The lowest BCUT2D eigenvalue weighted by Gasteiger charge is -2.16. The van der Waals surface area contributed by atoms with Gasteiger partial charge in [0.2, 0.25) is 5.91 Å². The molecule has 1 aromatic rings. The van der Waals surface area contributed by atoms with E-state index in [1.165, 1.54) is 0 Å². The van der Waals surface area contributed by atoms with Gasteiger partial charge in [0.05, 0.1) is 11.4 Å². The van der Waals surface area contributed by atoms with Gasteiger partial charge in [-0.2, -0.15) is 13.2 Å². The summed E-state index contributed by atoms with van der Waals surface area (Å²) in [5.74, 6) is -1.01. The summed E-state index contributed by atoms with van der Waals surface area (Å²) in [6.07, 6.45) is -1.05. The fraction of sp³-hybridized carbons (Fsp3) is 0.562. The standard InChI is InChI=1S/C16H21F3N2OS/c1-10-5-6-14(23-9-16(17,18)19)13(7-10)21-15(22)8-11-3-2-4-12(11)20/h5-7,11-12H,2-4,8-9,20H2,1H3,(H,21,22)/t11-,12+/m0/s1. The monoisotopic (exact) mass is 346 g/mol. The maximum absolute atomic E-state index is 12.4. The van der Waals surface area contributed by atoms with Gasteiger partial charge in [-0.1, -0.05) is 12.5 Å². The van der Waals surface area contributed by atoms with E-state index in [1.54, 1.807) is 18.2 Å². The lowest BCUT2D eigenvalue weighted by Crippen LogP contribution is -2.28. The maximum Gasteiger partial charge on any atom is 0.398 e. The molecule has 1 fully saturated rings. The summed E-state index contributed by atoms with van der Waals surface area (Å²) in [5, 5.41) is 2.75. The average Bonchev–Trinajstić information content (AvgIpc) is 2.82. The highest BCUT2D eigenvalue weighted by Gasteiger charge is 2.28. The highest BCUT2D eigenvalue weighted by Crippen LogP contribution is 2.33. The number of hydrogen-bond donors (Lipinski definition) is 2. The Balaban J connectivity index is 2.02. The van der Waals surface area contributed by atoms with Crippen LogP contribution in [0.3, 0.4) is 0 Å². The molecule has 0 saturated heterocycles. The zero-order valence-electron chi connectivity index (χ0n) is 13.0. The van der Waals surface area contributed by atoms with Gasteiger partial charge in [0, 0.05) is 17.4 Å². The first-order chi connectivity index (χ1) is 10.7. The molecule has 2 rings (SSSR count). The molecule has 1 aliphatic rings. The quantitative estimate of drug-likeness (QED) is 0.789. The molecule has 128 valence electrons. The van der Waals surface area contributed by atoms with Crippen molar-refractivity contribution in [1.82, 2.24) is 0 Å². The summed E-state index contributed by atoms with van der Waals surface area (Å²) >= 11 is 0.684. The van der Waals surface area contributed by atoms with Gasteiger partial charge in [0.1, 0.15) is 0 Å². The average molecular weight is 346 g/mol. The third kappa shape index (κ3) is 5.73.